The van der Waals surface area contributed by atoms with E-state index in [0.717, 1.165) is 18.5 Å². The number of carbonyl (C=O) groups is 2. The van der Waals surface area contributed by atoms with E-state index in [1.54, 1.807) is 12.1 Å². The largest absolute Gasteiger partial charge is 0.354 e. The van der Waals surface area contributed by atoms with E-state index >= 15 is 0 Å². The van der Waals surface area contributed by atoms with E-state index in [2.05, 4.69) is 21.0 Å². The average Bonchev–Trinajstić information content (AvgIpc) is 3.35. The van der Waals surface area contributed by atoms with Crippen LogP contribution < -0.4 is 21.9 Å². The van der Waals surface area contributed by atoms with Crippen LogP contribution in [0.3, 0.4) is 0 Å². The first-order chi connectivity index (χ1) is 10.1. The van der Waals surface area contributed by atoms with Gasteiger partial charge >= 0.3 is 0 Å². The van der Waals surface area contributed by atoms with Crippen molar-refractivity contribution in [1.29, 1.82) is 0 Å². The van der Waals surface area contributed by atoms with Gasteiger partial charge in [-0.1, -0.05) is 6.92 Å². The van der Waals surface area contributed by atoms with Crippen molar-refractivity contribution in [1.82, 2.24) is 15.6 Å². The van der Waals surface area contributed by atoms with Crippen molar-refractivity contribution in [3.8, 4) is 0 Å². The molecule has 0 aromatic carbocycles. The fourth-order valence-corrected chi connectivity index (χ4v) is 1.93. The van der Waals surface area contributed by atoms with Gasteiger partial charge in [-0.2, -0.15) is 0 Å². The zero-order valence-corrected chi connectivity index (χ0v) is 12.1. The quantitative estimate of drug-likeness (QED) is 0.326. The molecule has 1 aromatic rings. The Morgan fingerprint density at radius 3 is 2.62 bits per heavy atom. The van der Waals surface area contributed by atoms with Crippen LogP contribution in [-0.2, 0) is 11.2 Å². The lowest BCUT2D eigenvalue weighted by Gasteiger charge is -2.09. The maximum atomic E-state index is 12.1. The van der Waals surface area contributed by atoms with Crippen LogP contribution in [0, 0.1) is 5.92 Å². The van der Waals surface area contributed by atoms with Crippen molar-refractivity contribution in [2.24, 2.45) is 11.8 Å². The first kappa shape index (κ1) is 15.2. The molecule has 1 aromatic heterocycles. The van der Waals surface area contributed by atoms with E-state index in [9.17, 15) is 9.59 Å². The number of nitrogens with zero attached hydrogens (tertiary/aromatic N) is 1. The van der Waals surface area contributed by atoms with Gasteiger partial charge in [0.1, 0.15) is 5.82 Å². The van der Waals surface area contributed by atoms with E-state index in [1.807, 2.05) is 6.92 Å². The molecule has 0 spiro atoms. The Bertz CT molecular complexity index is 506. The summed E-state index contributed by atoms with van der Waals surface area (Å²) in [5.74, 6) is 5.86. The zero-order valence-electron chi connectivity index (χ0n) is 12.1. The lowest BCUT2D eigenvalue weighted by Crippen LogP contribution is -2.35. The van der Waals surface area contributed by atoms with Gasteiger partial charge in [-0.15, -0.1) is 0 Å². The number of hydrazine groups is 1. The predicted octanol–water partition coefficient (Wildman–Crippen LogP) is 0.186. The van der Waals surface area contributed by atoms with Gasteiger partial charge in [-0.05, 0) is 31.4 Å². The molecule has 0 atom stereocenters. The summed E-state index contributed by atoms with van der Waals surface area (Å²) >= 11 is 0. The number of carbonyl (C=O) groups excluding carboxylic acids is 2. The molecule has 0 radical (unpaired) electrons. The molecule has 21 heavy (non-hydrogen) atoms. The minimum absolute atomic E-state index is 0.0797. The summed E-state index contributed by atoms with van der Waals surface area (Å²) in [7, 11) is 0. The van der Waals surface area contributed by atoms with Crippen LogP contribution in [0.25, 0.3) is 0 Å². The second-order valence-corrected chi connectivity index (χ2v) is 5.05. The molecule has 114 valence electrons. The third kappa shape index (κ3) is 4.42. The number of nitrogen functional groups attached to an aromatic ring is 1. The molecule has 0 unspecified atom stereocenters. The molecule has 1 fully saturated rings. The first-order valence-electron chi connectivity index (χ1n) is 7.17. The second kappa shape index (κ2) is 7.03. The van der Waals surface area contributed by atoms with Gasteiger partial charge in [0.15, 0.2) is 0 Å². The molecule has 2 rings (SSSR count). The molecule has 2 amide bonds. The molecular formula is C14H21N5O2. The molecule has 7 heteroatoms. The lowest BCUT2D eigenvalue weighted by molar-refractivity contribution is -0.122. The van der Waals surface area contributed by atoms with Crippen LogP contribution in [0.15, 0.2) is 12.1 Å². The van der Waals surface area contributed by atoms with Gasteiger partial charge in [0.2, 0.25) is 5.91 Å². The van der Waals surface area contributed by atoms with Crippen LogP contribution in [0.5, 0.6) is 0 Å². The third-order valence-electron chi connectivity index (χ3n) is 3.31. The van der Waals surface area contributed by atoms with Crippen molar-refractivity contribution in [3.63, 3.8) is 0 Å². The molecule has 0 aliphatic heterocycles. The van der Waals surface area contributed by atoms with Crippen molar-refractivity contribution in [2.45, 2.75) is 26.2 Å². The van der Waals surface area contributed by atoms with Crippen LogP contribution in [0.1, 0.15) is 35.8 Å². The standard InChI is InChI=1S/C14H21N5O2/c1-2-11-7-10(8-12(18-11)19-15)14(21)17-6-5-16-13(20)9-3-4-9/h7-9H,2-6,15H2,1H3,(H,16,20)(H,17,21)(H,18,19). The molecule has 5 N–H and O–H groups in total. The Morgan fingerprint density at radius 1 is 1.29 bits per heavy atom. The van der Waals surface area contributed by atoms with E-state index in [-0.39, 0.29) is 17.7 Å². The van der Waals surface area contributed by atoms with Gasteiger partial charge in [0, 0.05) is 30.3 Å². The highest BCUT2D eigenvalue weighted by Gasteiger charge is 2.28. The van der Waals surface area contributed by atoms with Crippen molar-refractivity contribution in [2.75, 3.05) is 18.5 Å². The topological polar surface area (TPSA) is 109 Å². The summed E-state index contributed by atoms with van der Waals surface area (Å²) in [5.41, 5.74) is 3.74. The molecular weight excluding hydrogens is 270 g/mol. The van der Waals surface area contributed by atoms with Gasteiger partial charge in [-0.3, -0.25) is 9.59 Å². The first-order valence-corrected chi connectivity index (χ1v) is 7.17. The molecule has 0 saturated heterocycles. The Labute approximate surface area is 123 Å². The Balaban J connectivity index is 1.83. The number of hydrogen-bond acceptors (Lipinski definition) is 5. The minimum atomic E-state index is -0.204. The number of nitrogens with one attached hydrogen (secondary N) is 3. The lowest BCUT2D eigenvalue weighted by atomic mass is 10.2. The highest BCUT2D eigenvalue weighted by atomic mass is 16.2. The smallest absolute Gasteiger partial charge is 0.251 e. The summed E-state index contributed by atoms with van der Waals surface area (Å²) in [5, 5.41) is 5.56. The third-order valence-corrected chi connectivity index (χ3v) is 3.31. The van der Waals surface area contributed by atoms with E-state index in [0.29, 0.717) is 30.9 Å². The molecule has 1 saturated carbocycles. The SMILES string of the molecule is CCc1cc(C(=O)NCCNC(=O)C2CC2)cc(NN)n1. The van der Waals surface area contributed by atoms with Gasteiger partial charge in [0.05, 0.1) is 0 Å². The number of aromatic nitrogens is 1. The number of hydrogen-bond donors (Lipinski definition) is 4. The summed E-state index contributed by atoms with van der Waals surface area (Å²) < 4.78 is 0. The van der Waals surface area contributed by atoms with Crippen LogP contribution in [0.2, 0.25) is 0 Å². The highest BCUT2D eigenvalue weighted by molar-refractivity contribution is 5.95. The van der Waals surface area contributed by atoms with E-state index in [1.165, 1.54) is 0 Å². The number of amides is 2. The number of nitrogens with two attached hydrogens (primary N) is 1. The van der Waals surface area contributed by atoms with E-state index in [4.69, 9.17) is 5.84 Å². The summed E-state index contributed by atoms with van der Waals surface area (Å²) in [4.78, 5) is 27.7. The van der Waals surface area contributed by atoms with Gasteiger partial charge in [-0.25, -0.2) is 10.8 Å². The number of anilines is 1. The van der Waals surface area contributed by atoms with Crippen LogP contribution >= 0.6 is 0 Å². The number of pyridine rings is 1. The molecule has 0 bridgehead atoms. The Hall–Kier alpha value is -2.15. The molecule has 1 aliphatic rings. The molecule has 7 nitrogen and oxygen atoms in total. The zero-order chi connectivity index (χ0) is 15.2. The molecule has 1 heterocycles. The Kier molecular flexibility index (Phi) is 5.10. The van der Waals surface area contributed by atoms with Crippen molar-refractivity contribution < 1.29 is 9.59 Å². The van der Waals surface area contributed by atoms with Crippen LogP contribution in [0.4, 0.5) is 5.82 Å². The Morgan fingerprint density at radius 2 is 2.00 bits per heavy atom. The highest BCUT2D eigenvalue weighted by Crippen LogP contribution is 2.28. The van der Waals surface area contributed by atoms with Crippen molar-refractivity contribution in [3.05, 3.63) is 23.4 Å². The van der Waals surface area contributed by atoms with E-state index < -0.39 is 0 Å². The van der Waals surface area contributed by atoms with Crippen molar-refractivity contribution >= 4 is 17.6 Å². The maximum Gasteiger partial charge on any atom is 0.251 e. The van der Waals surface area contributed by atoms with Crippen LogP contribution in [-0.4, -0.2) is 29.9 Å². The van der Waals surface area contributed by atoms with Gasteiger partial charge in [0.25, 0.3) is 5.91 Å². The number of aryl methyl sites for hydroxylation is 1. The second-order valence-electron chi connectivity index (χ2n) is 5.05. The summed E-state index contributed by atoms with van der Waals surface area (Å²) in [6, 6.07) is 3.33. The summed E-state index contributed by atoms with van der Waals surface area (Å²) in [6.45, 7) is 2.79. The number of rotatable bonds is 7. The summed E-state index contributed by atoms with van der Waals surface area (Å²) in [6.07, 6.45) is 2.67. The predicted molar refractivity (Wildman–Crippen MR) is 79.5 cm³/mol. The fraction of sp³-hybridized carbons (Fsp3) is 0.500. The fourth-order valence-electron chi connectivity index (χ4n) is 1.93. The minimum Gasteiger partial charge on any atom is -0.354 e. The van der Waals surface area contributed by atoms with Gasteiger partial charge < -0.3 is 16.1 Å². The molecule has 1 aliphatic carbocycles. The maximum absolute atomic E-state index is 12.1. The average molecular weight is 291 g/mol. The normalized spacial score (nSPS) is 13.6. The monoisotopic (exact) mass is 291 g/mol.